The molecule has 1 aliphatic rings. The predicted octanol–water partition coefficient (Wildman–Crippen LogP) is 3.90. The van der Waals surface area contributed by atoms with Crippen LogP contribution in [-0.2, 0) is 4.74 Å². The molecule has 0 radical (unpaired) electrons. The van der Waals surface area contributed by atoms with E-state index in [0.717, 1.165) is 5.56 Å². The van der Waals surface area contributed by atoms with Gasteiger partial charge in [-0.1, -0.05) is 36.4 Å². The Hall–Kier alpha value is -4.54. The first-order valence-electron chi connectivity index (χ1n) is 11.3. The van der Waals surface area contributed by atoms with Crippen LogP contribution >= 0.6 is 0 Å². The van der Waals surface area contributed by atoms with Crippen molar-refractivity contribution in [2.45, 2.75) is 0 Å². The van der Waals surface area contributed by atoms with Crippen molar-refractivity contribution in [2.24, 2.45) is 0 Å². The van der Waals surface area contributed by atoms with Gasteiger partial charge in [-0.2, -0.15) is 5.26 Å². The standard InChI is InChI=1S/C28H22N4O3/c29-19-21-10-8-20(9-11-21)12-13-26-30-25-7-2-1-6-24(25)28(34)32(26)23-5-3-4-22(18-23)27(33)31-14-16-35-17-15-31/h1-13,18H,14-17H2/b13-12+. The van der Waals surface area contributed by atoms with Crippen LogP contribution in [0.5, 0.6) is 0 Å². The third-order valence-corrected chi connectivity index (χ3v) is 5.92. The summed E-state index contributed by atoms with van der Waals surface area (Å²) in [6, 6.07) is 23.5. The van der Waals surface area contributed by atoms with Gasteiger partial charge < -0.3 is 9.64 Å². The number of benzene rings is 3. The summed E-state index contributed by atoms with van der Waals surface area (Å²) < 4.78 is 6.88. The Morgan fingerprint density at radius 1 is 0.971 bits per heavy atom. The Bertz CT molecular complexity index is 1520. The SMILES string of the molecule is N#Cc1ccc(/C=C/c2nc3ccccc3c(=O)n2-c2cccc(C(=O)N3CCOCC3)c2)cc1. The number of hydrogen-bond acceptors (Lipinski definition) is 5. The maximum absolute atomic E-state index is 13.6. The van der Waals surface area contributed by atoms with Crippen LogP contribution in [0.3, 0.4) is 0 Å². The number of ether oxygens (including phenoxy) is 1. The summed E-state index contributed by atoms with van der Waals surface area (Å²) in [5, 5.41) is 9.52. The zero-order chi connectivity index (χ0) is 24.2. The summed E-state index contributed by atoms with van der Waals surface area (Å²) in [5.74, 6) is 0.348. The first-order chi connectivity index (χ1) is 17.1. The number of aromatic nitrogens is 2. The maximum Gasteiger partial charge on any atom is 0.266 e. The Balaban J connectivity index is 1.60. The smallest absolute Gasteiger partial charge is 0.266 e. The van der Waals surface area contributed by atoms with Crippen molar-refractivity contribution in [3.05, 3.63) is 106 Å². The van der Waals surface area contributed by atoms with Gasteiger partial charge in [0.15, 0.2) is 0 Å². The second-order valence-electron chi connectivity index (χ2n) is 8.15. The number of para-hydroxylation sites is 1. The molecular formula is C28H22N4O3. The average molecular weight is 463 g/mol. The van der Waals surface area contributed by atoms with Gasteiger partial charge in [0.05, 0.1) is 41.4 Å². The number of carbonyl (C=O) groups excluding carboxylic acids is 1. The molecule has 3 aromatic carbocycles. The highest BCUT2D eigenvalue weighted by Gasteiger charge is 2.19. The number of fused-ring (bicyclic) bond motifs is 1. The highest BCUT2D eigenvalue weighted by atomic mass is 16.5. The summed E-state index contributed by atoms with van der Waals surface area (Å²) in [4.78, 5) is 33.1. The minimum atomic E-state index is -0.217. The van der Waals surface area contributed by atoms with Gasteiger partial charge in [-0.05, 0) is 54.1 Å². The molecule has 35 heavy (non-hydrogen) atoms. The highest BCUT2D eigenvalue weighted by Crippen LogP contribution is 2.18. The van der Waals surface area contributed by atoms with E-state index in [1.807, 2.05) is 24.3 Å². The van der Waals surface area contributed by atoms with Crippen LogP contribution in [-0.4, -0.2) is 46.7 Å². The molecule has 1 saturated heterocycles. The van der Waals surface area contributed by atoms with Crippen molar-refractivity contribution < 1.29 is 9.53 Å². The molecule has 5 rings (SSSR count). The lowest BCUT2D eigenvalue weighted by Crippen LogP contribution is -2.40. The van der Waals surface area contributed by atoms with Crippen molar-refractivity contribution >= 4 is 29.0 Å². The third kappa shape index (κ3) is 4.60. The number of rotatable bonds is 4. The molecule has 0 saturated carbocycles. The lowest BCUT2D eigenvalue weighted by atomic mass is 10.1. The first-order valence-corrected chi connectivity index (χ1v) is 11.3. The van der Waals surface area contributed by atoms with Crippen LogP contribution in [0, 0.1) is 11.3 Å². The molecule has 7 nitrogen and oxygen atoms in total. The second-order valence-corrected chi connectivity index (χ2v) is 8.15. The number of hydrogen-bond donors (Lipinski definition) is 0. The van der Waals surface area contributed by atoms with Gasteiger partial charge >= 0.3 is 0 Å². The number of morpholine rings is 1. The number of amides is 1. The number of nitriles is 1. The van der Waals surface area contributed by atoms with E-state index >= 15 is 0 Å². The molecule has 0 spiro atoms. The van der Waals surface area contributed by atoms with E-state index in [0.29, 0.717) is 59.8 Å². The lowest BCUT2D eigenvalue weighted by Gasteiger charge is -2.27. The first kappa shape index (κ1) is 22.3. The van der Waals surface area contributed by atoms with E-state index < -0.39 is 0 Å². The fourth-order valence-corrected chi connectivity index (χ4v) is 4.08. The molecule has 1 aliphatic heterocycles. The molecule has 1 fully saturated rings. The zero-order valence-corrected chi connectivity index (χ0v) is 18.9. The minimum absolute atomic E-state index is 0.0911. The zero-order valence-electron chi connectivity index (χ0n) is 18.9. The molecule has 0 unspecified atom stereocenters. The fraction of sp³-hybridized carbons (Fsp3) is 0.143. The van der Waals surface area contributed by atoms with Crippen LogP contribution < -0.4 is 5.56 Å². The third-order valence-electron chi connectivity index (χ3n) is 5.92. The fourth-order valence-electron chi connectivity index (χ4n) is 4.08. The molecule has 0 bridgehead atoms. The van der Waals surface area contributed by atoms with Gasteiger partial charge in [0.1, 0.15) is 5.82 Å². The Morgan fingerprint density at radius 2 is 1.74 bits per heavy atom. The topological polar surface area (TPSA) is 88.2 Å². The van der Waals surface area contributed by atoms with Crippen LogP contribution in [0.25, 0.3) is 28.7 Å². The van der Waals surface area contributed by atoms with Gasteiger partial charge in [-0.3, -0.25) is 14.2 Å². The normalized spacial score (nSPS) is 13.7. The van der Waals surface area contributed by atoms with E-state index in [4.69, 9.17) is 15.0 Å². The quantitative estimate of drug-likeness (QED) is 0.459. The largest absolute Gasteiger partial charge is 0.378 e. The molecule has 4 aromatic rings. The summed E-state index contributed by atoms with van der Waals surface area (Å²) in [6.45, 7) is 2.12. The van der Waals surface area contributed by atoms with E-state index in [1.165, 1.54) is 4.57 Å². The van der Waals surface area contributed by atoms with E-state index in [9.17, 15) is 9.59 Å². The van der Waals surface area contributed by atoms with Gasteiger partial charge in [-0.25, -0.2) is 4.98 Å². The van der Waals surface area contributed by atoms with Crippen molar-refractivity contribution in [3.8, 4) is 11.8 Å². The summed E-state index contributed by atoms with van der Waals surface area (Å²) >= 11 is 0. The number of nitrogens with zero attached hydrogens (tertiary/aromatic N) is 4. The predicted molar refractivity (Wildman–Crippen MR) is 134 cm³/mol. The summed E-state index contributed by atoms with van der Waals surface area (Å²) in [6.07, 6.45) is 3.61. The van der Waals surface area contributed by atoms with Crippen LogP contribution in [0.2, 0.25) is 0 Å². The minimum Gasteiger partial charge on any atom is -0.378 e. The summed E-state index contributed by atoms with van der Waals surface area (Å²) in [5.41, 5.74) is 2.89. The molecule has 172 valence electrons. The molecule has 0 N–H and O–H groups in total. The molecular weight excluding hydrogens is 440 g/mol. The Morgan fingerprint density at radius 3 is 2.51 bits per heavy atom. The van der Waals surface area contributed by atoms with Crippen LogP contribution in [0.1, 0.15) is 27.3 Å². The second kappa shape index (κ2) is 9.75. The van der Waals surface area contributed by atoms with Crippen LogP contribution in [0.4, 0.5) is 0 Å². The van der Waals surface area contributed by atoms with Gasteiger partial charge in [0, 0.05) is 18.7 Å². The lowest BCUT2D eigenvalue weighted by molar-refractivity contribution is 0.0303. The molecule has 2 heterocycles. The molecule has 1 aromatic heterocycles. The van der Waals surface area contributed by atoms with E-state index in [2.05, 4.69) is 6.07 Å². The van der Waals surface area contributed by atoms with Crippen LogP contribution in [0.15, 0.2) is 77.6 Å². The monoisotopic (exact) mass is 462 g/mol. The van der Waals surface area contributed by atoms with Gasteiger partial charge in [-0.15, -0.1) is 0 Å². The van der Waals surface area contributed by atoms with E-state index in [-0.39, 0.29) is 11.5 Å². The van der Waals surface area contributed by atoms with Gasteiger partial charge in [0.25, 0.3) is 11.5 Å². The molecule has 7 heteroatoms. The van der Waals surface area contributed by atoms with Crippen molar-refractivity contribution in [1.82, 2.24) is 14.5 Å². The number of carbonyl (C=O) groups is 1. The van der Waals surface area contributed by atoms with E-state index in [1.54, 1.807) is 65.6 Å². The Kier molecular flexibility index (Phi) is 6.20. The molecule has 0 atom stereocenters. The highest BCUT2D eigenvalue weighted by molar-refractivity contribution is 5.95. The molecule has 1 amide bonds. The van der Waals surface area contributed by atoms with Crippen molar-refractivity contribution in [1.29, 1.82) is 5.26 Å². The summed E-state index contributed by atoms with van der Waals surface area (Å²) in [7, 11) is 0. The maximum atomic E-state index is 13.6. The van der Waals surface area contributed by atoms with Crippen molar-refractivity contribution in [3.63, 3.8) is 0 Å². The Labute approximate surface area is 202 Å². The van der Waals surface area contributed by atoms with Crippen molar-refractivity contribution in [2.75, 3.05) is 26.3 Å². The molecule has 0 aliphatic carbocycles. The van der Waals surface area contributed by atoms with Gasteiger partial charge in [0.2, 0.25) is 0 Å². The average Bonchev–Trinajstić information content (AvgIpc) is 2.92.